The molecule has 92 valence electrons. The van der Waals surface area contributed by atoms with Gasteiger partial charge in [0, 0.05) is 6.42 Å². The van der Waals surface area contributed by atoms with Gasteiger partial charge in [-0.2, -0.15) is 5.26 Å². The summed E-state index contributed by atoms with van der Waals surface area (Å²) >= 11 is 0. The number of halogens is 1. The fraction of sp³-hybridized carbons (Fsp3) is 0.500. The van der Waals surface area contributed by atoms with Crippen LogP contribution in [0.4, 0.5) is 4.39 Å². The molecular formula is C14H18FNO. The summed E-state index contributed by atoms with van der Waals surface area (Å²) in [4.78, 5) is 0. The monoisotopic (exact) mass is 235 g/mol. The van der Waals surface area contributed by atoms with Crippen LogP contribution in [0.1, 0.15) is 33.1 Å². The van der Waals surface area contributed by atoms with E-state index in [0.717, 1.165) is 12.8 Å². The van der Waals surface area contributed by atoms with E-state index in [2.05, 4.69) is 6.07 Å². The van der Waals surface area contributed by atoms with E-state index < -0.39 is 0 Å². The average molecular weight is 235 g/mol. The molecular weight excluding hydrogens is 217 g/mol. The van der Waals surface area contributed by atoms with E-state index in [0.29, 0.717) is 18.8 Å². The topological polar surface area (TPSA) is 33.0 Å². The van der Waals surface area contributed by atoms with Crippen LogP contribution in [-0.2, 0) is 0 Å². The summed E-state index contributed by atoms with van der Waals surface area (Å²) in [6, 6.07) is 8.30. The van der Waals surface area contributed by atoms with Crippen molar-refractivity contribution in [2.24, 2.45) is 5.41 Å². The molecule has 0 aliphatic rings. The molecule has 0 saturated heterocycles. The number of hydrogen-bond donors (Lipinski definition) is 0. The van der Waals surface area contributed by atoms with Crippen LogP contribution in [0.15, 0.2) is 24.3 Å². The highest BCUT2D eigenvalue weighted by atomic mass is 19.1. The van der Waals surface area contributed by atoms with Crippen LogP contribution in [0.3, 0.4) is 0 Å². The van der Waals surface area contributed by atoms with E-state index in [1.807, 2.05) is 13.8 Å². The maximum atomic E-state index is 12.7. The minimum Gasteiger partial charge on any atom is -0.494 e. The molecule has 0 amide bonds. The SMILES string of the molecule is CCC(C#N)(CC)CCOc1ccc(F)cc1. The minimum absolute atomic E-state index is 0.272. The Morgan fingerprint density at radius 2 is 1.82 bits per heavy atom. The zero-order valence-corrected chi connectivity index (χ0v) is 10.4. The molecule has 0 N–H and O–H groups in total. The van der Waals surface area contributed by atoms with Crippen molar-refractivity contribution in [2.45, 2.75) is 33.1 Å². The van der Waals surface area contributed by atoms with Gasteiger partial charge >= 0.3 is 0 Å². The largest absolute Gasteiger partial charge is 0.494 e. The first kappa shape index (κ1) is 13.5. The highest BCUT2D eigenvalue weighted by Crippen LogP contribution is 2.29. The summed E-state index contributed by atoms with van der Waals surface area (Å²) < 4.78 is 18.2. The van der Waals surface area contributed by atoms with Gasteiger partial charge in [0.05, 0.1) is 18.1 Å². The quantitative estimate of drug-likeness (QED) is 0.748. The number of nitriles is 1. The van der Waals surface area contributed by atoms with Crippen molar-refractivity contribution in [3.8, 4) is 11.8 Å². The molecule has 0 aliphatic carbocycles. The van der Waals surface area contributed by atoms with Gasteiger partial charge in [-0.3, -0.25) is 0 Å². The van der Waals surface area contributed by atoms with E-state index >= 15 is 0 Å². The van der Waals surface area contributed by atoms with Crippen molar-refractivity contribution < 1.29 is 9.13 Å². The van der Waals surface area contributed by atoms with Crippen LogP contribution < -0.4 is 4.74 Å². The first-order chi connectivity index (χ1) is 8.15. The Morgan fingerprint density at radius 1 is 1.24 bits per heavy atom. The second-order valence-electron chi connectivity index (χ2n) is 4.15. The lowest BCUT2D eigenvalue weighted by molar-refractivity contribution is 0.231. The lowest BCUT2D eigenvalue weighted by Gasteiger charge is -2.23. The normalized spacial score (nSPS) is 10.9. The standard InChI is InChI=1S/C14H18FNO/c1-3-14(4-2,11-16)9-10-17-13-7-5-12(15)6-8-13/h5-8H,3-4,9-10H2,1-2H3. The summed E-state index contributed by atoms with van der Waals surface area (Å²) in [5.41, 5.74) is -0.292. The van der Waals surface area contributed by atoms with Crippen LogP contribution in [-0.4, -0.2) is 6.61 Å². The maximum absolute atomic E-state index is 12.7. The van der Waals surface area contributed by atoms with Crippen molar-refractivity contribution in [2.75, 3.05) is 6.61 Å². The molecule has 1 rings (SSSR count). The first-order valence-electron chi connectivity index (χ1n) is 5.95. The number of hydrogen-bond acceptors (Lipinski definition) is 2. The Hall–Kier alpha value is -1.56. The maximum Gasteiger partial charge on any atom is 0.123 e. The summed E-state index contributed by atoms with van der Waals surface area (Å²) in [7, 11) is 0. The molecule has 0 unspecified atom stereocenters. The third kappa shape index (κ3) is 3.74. The van der Waals surface area contributed by atoms with Crippen LogP contribution in [0.25, 0.3) is 0 Å². The van der Waals surface area contributed by atoms with Crippen molar-refractivity contribution in [1.82, 2.24) is 0 Å². The van der Waals surface area contributed by atoms with Gasteiger partial charge < -0.3 is 4.74 Å². The summed E-state index contributed by atoms with van der Waals surface area (Å²) in [5.74, 6) is 0.372. The minimum atomic E-state index is -0.292. The molecule has 2 nitrogen and oxygen atoms in total. The molecule has 0 spiro atoms. The molecule has 1 aromatic rings. The van der Waals surface area contributed by atoms with E-state index in [1.165, 1.54) is 12.1 Å². The predicted molar refractivity (Wildman–Crippen MR) is 65.1 cm³/mol. The molecule has 0 aliphatic heterocycles. The summed E-state index contributed by atoms with van der Waals surface area (Å²) in [6.07, 6.45) is 2.35. The fourth-order valence-electron chi connectivity index (χ4n) is 1.71. The number of ether oxygens (including phenoxy) is 1. The zero-order valence-electron chi connectivity index (χ0n) is 10.4. The predicted octanol–water partition coefficient (Wildman–Crippen LogP) is 3.92. The van der Waals surface area contributed by atoms with E-state index in [-0.39, 0.29) is 11.2 Å². The highest BCUT2D eigenvalue weighted by Gasteiger charge is 2.25. The van der Waals surface area contributed by atoms with E-state index in [4.69, 9.17) is 10.00 Å². The number of rotatable bonds is 6. The molecule has 17 heavy (non-hydrogen) atoms. The number of benzene rings is 1. The third-order valence-electron chi connectivity index (χ3n) is 3.25. The first-order valence-corrected chi connectivity index (χ1v) is 5.95. The lowest BCUT2D eigenvalue weighted by Crippen LogP contribution is -2.19. The van der Waals surface area contributed by atoms with Crippen LogP contribution in [0.5, 0.6) is 5.75 Å². The zero-order chi connectivity index (χ0) is 12.7. The Kier molecular flexibility index (Phi) is 4.96. The Balaban J connectivity index is 2.47. The molecule has 3 heteroatoms. The second kappa shape index (κ2) is 6.24. The molecule has 0 aromatic heterocycles. The molecule has 0 bridgehead atoms. The van der Waals surface area contributed by atoms with Crippen molar-refractivity contribution in [3.05, 3.63) is 30.1 Å². The smallest absolute Gasteiger partial charge is 0.123 e. The molecule has 0 heterocycles. The fourth-order valence-corrected chi connectivity index (χ4v) is 1.71. The van der Waals surface area contributed by atoms with Crippen LogP contribution >= 0.6 is 0 Å². The van der Waals surface area contributed by atoms with Gasteiger partial charge in [-0.05, 0) is 37.1 Å². The average Bonchev–Trinajstić information content (AvgIpc) is 2.38. The molecule has 0 fully saturated rings. The van der Waals surface area contributed by atoms with Crippen LogP contribution in [0.2, 0.25) is 0 Å². The van der Waals surface area contributed by atoms with Gasteiger partial charge in [-0.25, -0.2) is 4.39 Å². The molecule has 0 radical (unpaired) electrons. The Morgan fingerprint density at radius 3 is 2.29 bits per heavy atom. The van der Waals surface area contributed by atoms with Gasteiger partial charge in [0.25, 0.3) is 0 Å². The van der Waals surface area contributed by atoms with Crippen LogP contribution in [0, 0.1) is 22.6 Å². The van der Waals surface area contributed by atoms with Gasteiger partial charge in [0.15, 0.2) is 0 Å². The molecule has 0 saturated carbocycles. The van der Waals surface area contributed by atoms with Gasteiger partial charge in [-0.1, -0.05) is 13.8 Å². The highest BCUT2D eigenvalue weighted by molar-refractivity contribution is 5.22. The second-order valence-corrected chi connectivity index (χ2v) is 4.15. The lowest BCUT2D eigenvalue weighted by atomic mass is 9.81. The Bertz CT molecular complexity index is 376. The molecule has 0 atom stereocenters. The summed E-state index contributed by atoms with van der Waals surface area (Å²) in [5, 5.41) is 9.15. The van der Waals surface area contributed by atoms with Gasteiger partial charge in [-0.15, -0.1) is 0 Å². The van der Waals surface area contributed by atoms with Crippen molar-refractivity contribution >= 4 is 0 Å². The summed E-state index contributed by atoms with van der Waals surface area (Å²) in [6.45, 7) is 4.52. The van der Waals surface area contributed by atoms with E-state index in [1.54, 1.807) is 12.1 Å². The number of nitrogens with zero attached hydrogens (tertiary/aromatic N) is 1. The third-order valence-corrected chi connectivity index (χ3v) is 3.25. The van der Waals surface area contributed by atoms with Gasteiger partial charge in [0.1, 0.15) is 11.6 Å². The Labute approximate surface area is 102 Å². The van der Waals surface area contributed by atoms with Gasteiger partial charge in [0.2, 0.25) is 0 Å². The van der Waals surface area contributed by atoms with Crippen molar-refractivity contribution in [1.29, 1.82) is 5.26 Å². The van der Waals surface area contributed by atoms with E-state index in [9.17, 15) is 4.39 Å². The van der Waals surface area contributed by atoms with Crippen molar-refractivity contribution in [3.63, 3.8) is 0 Å². The molecule has 1 aromatic carbocycles.